The fourth-order valence-electron chi connectivity index (χ4n) is 3.90. The highest BCUT2D eigenvalue weighted by atomic mass is 16.3. The first kappa shape index (κ1) is 14.6. The molecule has 0 saturated heterocycles. The zero-order valence-electron chi connectivity index (χ0n) is 12.6. The van der Waals surface area contributed by atoms with Crippen molar-refractivity contribution in [3.05, 3.63) is 29.8 Å². The lowest BCUT2D eigenvalue weighted by molar-refractivity contribution is -0.140. The molecule has 0 radical (unpaired) electrons. The number of amides is 1. The fraction of sp³-hybridized carbons (Fsp3) is 0.611. The van der Waals surface area contributed by atoms with Gasteiger partial charge in [-0.25, -0.2) is 0 Å². The number of anilines is 1. The number of nitrogens with one attached hydrogen (secondary N) is 1. The Balaban J connectivity index is 1.86. The number of carbonyl (C=O) groups is 1. The van der Waals surface area contributed by atoms with E-state index >= 15 is 0 Å². The highest BCUT2D eigenvalue weighted by Gasteiger charge is 2.50. The van der Waals surface area contributed by atoms with Crippen LogP contribution in [0.4, 0.5) is 5.69 Å². The largest absolute Gasteiger partial charge is 0.375 e. The smallest absolute Gasteiger partial charge is 0.261 e. The van der Waals surface area contributed by atoms with E-state index in [0.717, 1.165) is 36.9 Å². The summed E-state index contributed by atoms with van der Waals surface area (Å²) in [5.41, 5.74) is 0.231. The molecule has 2 N–H and O–H groups in total. The van der Waals surface area contributed by atoms with Gasteiger partial charge in [0.15, 0.2) is 5.60 Å². The topological polar surface area (TPSA) is 49.3 Å². The predicted octanol–water partition coefficient (Wildman–Crippen LogP) is 3.97. The zero-order chi connectivity index (χ0) is 14.7. The van der Waals surface area contributed by atoms with E-state index in [1.165, 1.54) is 32.1 Å². The van der Waals surface area contributed by atoms with Crippen LogP contribution in [0.15, 0.2) is 24.3 Å². The van der Waals surface area contributed by atoms with Crippen molar-refractivity contribution in [3.8, 4) is 0 Å². The van der Waals surface area contributed by atoms with Crippen molar-refractivity contribution < 1.29 is 9.90 Å². The lowest BCUT2D eigenvalue weighted by Gasteiger charge is -2.32. The molecule has 1 amide bonds. The SMILES string of the molecule is O=C1Nc2ccccc2C1(O)C1CCCCCCCCC1. The second kappa shape index (κ2) is 6.18. The lowest BCUT2D eigenvalue weighted by Crippen LogP contribution is -2.42. The first-order chi connectivity index (χ1) is 10.2. The van der Waals surface area contributed by atoms with E-state index in [1.54, 1.807) is 0 Å². The molecule has 3 nitrogen and oxygen atoms in total. The molecule has 114 valence electrons. The van der Waals surface area contributed by atoms with Crippen molar-refractivity contribution in [1.29, 1.82) is 0 Å². The molecule has 3 heteroatoms. The highest BCUT2D eigenvalue weighted by molar-refractivity contribution is 6.05. The van der Waals surface area contributed by atoms with Crippen molar-refractivity contribution in [2.24, 2.45) is 5.92 Å². The number of hydrogen-bond donors (Lipinski definition) is 2. The number of rotatable bonds is 1. The highest BCUT2D eigenvalue weighted by Crippen LogP contribution is 2.44. The third-order valence-electron chi connectivity index (χ3n) is 5.13. The summed E-state index contributed by atoms with van der Waals surface area (Å²) in [6.07, 6.45) is 10.5. The quantitative estimate of drug-likeness (QED) is 0.821. The number of carbonyl (C=O) groups excluding carboxylic acids is 1. The Morgan fingerprint density at radius 3 is 2.19 bits per heavy atom. The van der Waals surface area contributed by atoms with Gasteiger partial charge < -0.3 is 10.4 Å². The van der Waals surface area contributed by atoms with E-state index in [2.05, 4.69) is 5.32 Å². The van der Waals surface area contributed by atoms with Crippen LogP contribution in [0.2, 0.25) is 0 Å². The van der Waals surface area contributed by atoms with Crippen molar-refractivity contribution >= 4 is 11.6 Å². The minimum Gasteiger partial charge on any atom is -0.375 e. The van der Waals surface area contributed by atoms with Crippen LogP contribution < -0.4 is 5.32 Å². The number of benzene rings is 1. The lowest BCUT2D eigenvalue weighted by atomic mass is 9.76. The van der Waals surface area contributed by atoms with E-state index in [4.69, 9.17) is 0 Å². The van der Waals surface area contributed by atoms with Crippen molar-refractivity contribution in [1.82, 2.24) is 0 Å². The van der Waals surface area contributed by atoms with Crippen LogP contribution in [0.3, 0.4) is 0 Å². The van der Waals surface area contributed by atoms with Crippen LogP contribution >= 0.6 is 0 Å². The second-order valence-corrected chi connectivity index (χ2v) is 6.52. The second-order valence-electron chi connectivity index (χ2n) is 6.52. The van der Waals surface area contributed by atoms with Gasteiger partial charge in [-0.1, -0.05) is 63.1 Å². The predicted molar refractivity (Wildman–Crippen MR) is 84.0 cm³/mol. The van der Waals surface area contributed by atoms with Crippen LogP contribution in [-0.4, -0.2) is 11.0 Å². The maximum absolute atomic E-state index is 12.4. The van der Waals surface area contributed by atoms with Gasteiger partial charge in [0.1, 0.15) is 0 Å². The van der Waals surface area contributed by atoms with Gasteiger partial charge in [-0.15, -0.1) is 0 Å². The minimum atomic E-state index is -1.32. The van der Waals surface area contributed by atoms with Crippen LogP contribution in [-0.2, 0) is 10.4 Å². The molecule has 0 aromatic heterocycles. The molecular weight excluding hydrogens is 262 g/mol. The third-order valence-corrected chi connectivity index (χ3v) is 5.13. The number of fused-ring (bicyclic) bond motifs is 1. The van der Waals surface area contributed by atoms with Crippen LogP contribution in [0.1, 0.15) is 63.4 Å². The average Bonchev–Trinajstić information content (AvgIpc) is 2.77. The molecule has 3 rings (SSSR count). The molecule has 1 atom stereocenters. The molecule has 1 unspecified atom stereocenters. The minimum absolute atomic E-state index is 0.0410. The Bertz CT molecular complexity index is 504. The summed E-state index contributed by atoms with van der Waals surface area (Å²) in [6.45, 7) is 0. The average molecular weight is 287 g/mol. The van der Waals surface area contributed by atoms with Crippen LogP contribution in [0, 0.1) is 5.92 Å². The van der Waals surface area contributed by atoms with Gasteiger partial charge in [-0.3, -0.25) is 4.79 Å². The molecule has 1 aromatic rings. The van der Waals surface area contributed by atoms with E-state index in [9.17, 15) is 9.90 Å². The van der Waals surface area contributed by atoms with Gasteiger partial charge in [-0.05, 0) is 18.9 Å². The maximum Gasteiger partial charge on any atom is 0.261 e. The van der Waals surface area contributed by atoms with E-state index in [-0.39, 0.29) is 11.8 Å². The van der Waals surface area contributed by atoms with E-state index < -0.39 is 5.60 Å². The Hall–Kier alpha value is -1.35. The zero-order valence-corrected chi connectivity index (χ0v) is 12.6. The van der Waals surface area contributed by atoms with Gasteiger partial charge >= 0.3 is 0 Å². The van der Waals surface area contributed by atoms with Gasteiger partial charge in [0.2, 0.25) is 0 Å². The first-order valence-corrected chi connectivity index (χ1v) is 8.36. The summed E-state index contributed by atoms with van der Waals surface area (Å²) in [5.74, 6) is -0.190. The first-order valence-electron chi connectivity index (χ1n) is 8.36. The van der Waals surface area contributed by atoms with Crippen molar-refractivity contribution in [2.75, 3.05) is 5.32 Å². The van der Waals surface area contributed by atoms with Crippen LogP contribution in [0.25, 0.3) is 0 Å². The van der Waals surface area contributed by atoms with Crippen molar-refractivity contribution in [3.63, 3.8) is 0 Å². The van der Waals surface area contributed by atoms with E-state index in [1.807, 2.05) is 24.3 Å². The molecule has 1 saturated carbocycles. The Kier molecular flexibility index (Phi) is 4.29. The summed E-state index contributed by atoms with van der Waals surface area (Å²) >= 11 is 0. The maximum atomic E-state index is 12.4. The normalized spacial score (nSPS) is 28.0. The molecule has 0 bridgehead atoms. The molecule has 1 heterocycles. The van der Waals surface area contributed by atoms with E-state index in [0.29, 0.717) is 0 Å². The molecule has 0 spiro atoms. The fourth-order valence-corrected chi connectivity index (χ4v) is 3.90. The standard InChI is InChI=1S/C18H25NO2/c20-17-18(21,15-12-8-9-13-16(15)19-17)14-10-6-4-2-1-3-5-7-11-14/h8-9,12-14,21H,1-7,10-11H2,(H,19,20). The third kappa shape index (κ3) is 2.71. The Morgan fingerprint density at radius 1 is 0.952 bits per heavy atom. The van der Waals surface area contributed by atoms with Gasteiger partial charge in [0.25, 0.3) is 5.91 Å². The molecule has 1 aliphatic heterocycles. The molecule has 21 heavy (non-hydrogen) atoms. The number of para-hydroxylation sites is 1. The summed E-state index contributed by atoms with van der Waals surface area (Å²) < 4.78 is 0. The molecule has 1 aliphatic carbocycles. The summed E-state index contributed by atoms with van der Waals surface area (Å²) in [5, 5.41) is 14.1. The monoisotopic (exact) mass is 287 g/mol. The summed E-state index contributed by atoms with van der Waals surface area (Å²) in [7, 11) is 0. The molecule has 1 aromatic carbocycles. The Morgan fingerprint density at radius 2 is 1.52 bits per heavy atom. The van der Waals surface area contributed by atoms with Gasteiger partial charge in [-0.2, -0.15) is 0 Å². The van der Waals surface area contributed by atoms with Gasteiger partial charge in [0, 0.05) is 17.2 Å². The van der Waals surface area contributed by atoms with Crippen LogP contribution in [0.5, 0.6) is 0 Å². The number of hydrogen-bond acceptors (Lipinski definition) is 2. The summed E-state index contributed by atoms with van der Waals surface area (Å²) in [4.78, 5) is 12.4. The Labute approximate surface area is 126 Å². The molecule has 1 fully saturated rings. The number of aliphatic hydroxyl groups is 1. The summed E-state index contributed by atoms with van der Waals surface area (Å²) in [6, 6.07) is 7.58. The molecule has 2 aliphatic rings. The van der Waals surface area contributed by atoms with Gasteiger partial charge in [0.05, 0.1) is 0 Å². The van der Waals surface area contributed by atoms with Crippen molar-refractivity contribution in [2.45, 2.75) is 63.4 Å². The molecular formula is C18H25NO2.